The van der Waals surface area contributed by atoms with Gasteiger partial charge in [-0.05, 0) is 0 Å². The van der Waals surface area contributed by atoms with Crippen LogP contribution in [0.4, 0.5) is 0 Å². The van der Waals surface area contributed by atoms with Crippen LogP contribution in [0.3, 0.4) is 0 Å². The lowest BCUT2D eigenvalue weighted by Gasteiger charge is -2.18. The molecule has 0 bridgehead atoms. The molecule has 98 valence electrons. The van der Waals surface area contributed by atoms with Crippen LogP contribution in [-0.4, -0.2) is 41.9 Å². The van der Waals surface area contributed by atoms with Gasteiger partial charge in [0, 0.05) is 36.1 Å². The topological polar surface area (TPSA) is 38.8 Å². The van der Waals surface area contributed by atoms with Crippen LogP contribution in [0.25, 0.3) is 0 Å². The van der Waals surface area contributed by atoms with Crippen LogP contribution < -0.4 is 9.47 Å². The van der Waals surface area contributed by atoms with E-state index in [1.54, 1.807) is 11.3 Å². The third kappa shape index (κ3) is 2.36. The number of thiophene rings is 1. The molecular formula is C12H14BrNO3S. The number of halogens is 1. The number of amides is 1. The smallest absolute Gasteiger partial charge is 0.223 e. The number of likely N-dealkylation sites (tertiary alicyclic amines) is 1. The number of alkyl halides is 1. The third-order valence-electron chi connectivity index (χ3n) is 3.15. The lowest BCUT2D eigenvalue weighted by atomic mass is 10.3. The number of fused-ring (bicyclic) bond motifs is 1. The Morgan fingerprint density at radius 2 is 2.28 bits per heavy atom. The number of hydrogen-bond donors (Lipinski definition) is 0. The van der Waals surface area contributed by atoms with E-state index >= 15 is 0 Å². The van der Waals surface area contributed by atoms with Gasteiger partial charge in [-0.2, -0.15) is 0 Å². The zero-order valence-corrected chi connectivity index (χ0v) is 12.3. The number of nitrogens with zero attached hydrogens (tertiary/aromatic N) is 1. The molecule has 0 spiro atoms. The first-order valence-electron chi connectivity index (χ1n) is 6.02. The highest BCUT2D eigenvalue weighted by atomic mass is 79.9. The molecule has 0 aromatic carbocycles. The first-order valence-corrected chi connectivity index (χ1v) is 7.81. The highest BCUT2D eigenvalue weighted by Gasteiger charge is 2.28. The van der Waals surface area contributed by atoms with Gasteiger partial charge in [0.25, 0.3) is 0 Å². The quantitative estimate of drug-likeness (QED) is 0.796. The molecule has 1 atom stereocenters. The minimum Gasteiger partial charge on any atom is -0.485 e. The van der Waals surface area contributed by atoms with Crippen molar-refractivity contribution < 1.29 is 14.3 Å². The fraction of sp³-hybridized carbons (Fsp3) is 0.583. The van der Waals surface area contributed by atoms with Crippen LogP contribution in [0.1, 0.15) is 11.3 Å². The predicted octanol–water partition coefficient (Wildman–Crippen LogP) is 2.06. The van der Waals surface area contributed by atoms with E-state index in [1.807, 2.05) is 10.3 Å². The summed E-state index contributed by atoms with van der Waals surface area (Å²) in [5, 5.41) is 1.99. The largest absolute Gasteiger partial charge is 0.485 e. The molecule has 1 aromatic heterocycles. The van der Waals surface area contributed by atoms with Crippen molar-refractivity contribution in [2.45, 2.75) is 17.7 Å². The summed E-state index contributed by atoms with van der Waals surface area (Å²) in [5.74, 6) is 1.97. The summed E-state index contributed by atoms with van der Waals surface area (Å²) in [5.41, 5.74) is 0. The number of carbonyl (C=O) groups excluding carboxylic acids is 1. The van der Waals surface area contributed by atoms with Crippen LogP contribution >= 0.6 is 27.3 Å². The van der Waals surface area contributed by atoms with Crippen molar-refractivity contribution in [2.75, 3.05) is 26.3 Å². The molecule has 0 N–H and O–H groups in total. The van der Waals surface area contributed by atoms with E-state index in [0.29, 0.717) is 24.5 Å². The van der Waals surface area contributed by atoms with Gasteiger partial charge in [-0.3, -0.25) is 4.79 Å². The Balaban J connectivity index is 1.63. The molecule has 0 saturated carbocycles. The van der Waals surface area contributed by atoms with Crippen molar-refractivity contribution in [3.05, 3.63) is 10.3 Å². The molecule has 6 heteroatoms. The first kappa shape index (κ1) is 12.3. The van der Waals surface area contributed by atoms with Crippen molar-refractivity contribution >= 4 is 33.2 Å². The molecule has 1 fully saturated rings. The van der Waals surface area contributed by atoms with Crippen LogP contribution in [0.2, 0.25) is 0 Å². The van der Waals surface area contributed by atoms with Crippen molar-refractivity contribution in [2.24, 2.45) is 0 Å². The van der Waals surface area contributed by atoms with Gasteiger partial charge in [-0.25, -0.2) is 0 Å². The highest BCUT2D eigenvalue weighted by molar-refractivity contribution is 9.09. The standard InChI is InChI=1S/C12H14BrNO3S/c13-8-5-11(15)14(6-8)2-1-10-12-9(7-18-10)16-3-4-17-12/h7-8H,1-6H2. The Bertz CT molecular complexity index is 462. The number of rotatable bonds is 3. The molecule has 3 heterocycles. The Hall–Kier alpha value is -0.750. The van der Waals surface area contributed by atoms with E-state index in [-0.39, 0.29) is 5.91 Å². The summed E-state index contributed by atoms with van der Waals surface area (Å²) in [6, 6.07) is 0. The first-order chi connectivity index (χ1) is 8.74. The van der Waals surface area contributed by atoms with E-state index in [2.05, 4.69) is 15.9 Å². The van der Waals surface area contributed by atoms with Crippen molar-refractivity contribution in [1.29, 1.82) is 0 Å². The molecule has 1 aromatic rings. The van der Waals surface area contributed by atoms with Gasteiger partial charge in [0.15, 0.2) is 11.5 Å². The van der Waals surface area contributed by atoms with E-state index in [0.717, 1.165) is 31.0 Å². The Kier molecular flexibility index (Phi) is 3.48. The second-order valence-electron chi connectivity index (χ2n) is 4.44. The summed E-state index contributed by atoms with van der Waals surface area (Å²) < 4.78 is 11.1. The van der Waals surface area contributed by atoms with Gasteiger partial charge in [0.05, 0.1) is 4.88 Å². The van der Waals surface area contributed by atoms with Gasteiger partial charge in [0.1, 0.15) is 13.2 Å². The van der Waals surface area contributed by atoms with Gasteiger partial charge in [-0.15, -0.1) is 11.3 Å². The van der Waals surface area contributed by atoms with E-state index < -0.39 is 0 Å². The number of carbonyl (C=O) groups is 1. The molecule has 1 amide bonds. The molecule has 4 nitrogen and oxygen atoms in total. The van der Waals surface area contributed by atoms with Gasteiger partial charge in [0.2, 0.25) is 5.91 Å². The highest BCUT2D eigenvalue weighted by Crippen LogP contribution is 2.39. The monoisotopic (exact) mass is 331 g/mol. The molecule has 1 saturated heterocycles. The minimum absolute atomic E-state index is 0.236. The van der Waals surface area contributed by atoms with Crippen LogP contribution in [-0.2, 0) is 11.2 Å². The average Bonchev–Trinajstić information content (AvgIpc) is 2.90. The molecule has 2 aliphatic heterocycles. The lowest BCUT2D eigenvalue weighted by molar-refractivity contribution is -0.127. The summed E-state index contributed by atoms with van der Waals surface area (Å²) in [6.45, 7) is 2.81. The summed E-state index contributed by atoms with van der Waals surface area (Å²) in [7, 11) is 0. The van der Waals surface area contributed by atoms with E-state index in [9.17, 15) is 4.79 Å². The minimum atomic E-state index is 0.236. The van der Waals surface area contributed by atoms with E-state index in [4.69, 9.17) is 9.47 Å². The number of ether oxygens (including phenoxy) is 2. The average molecular weight is 332 g/mol. The second-order valence-corrected chi connectivity index (χ2v) is 6.70. The maximum absolute atomic E-state index is 11.7. The van der Waals surface area contributed by atoms with Crippen LogP contribution in [0.15, 0.2) is 5.38 Å². The Morgan fingerprint density at radius 1 is 1.44 bits per heavy atom. The molecular weight excluding hydrogens is 318 g/mol. The van der Waals surface area contributed by atoms with Crippen molar-refractivity contribution in [3.63, 3.8) is 0 Å². The van der Waals surface area contributed by atoms with Gasteiger partial charge < -0.3 is 14.4 Å². The zero-order chi connectivity index (χ0) is 12.5. The van der Waals surface area contributed by atoms with Crippen molar-refractivity contribution in [1.82, 2.24) is 4.90 Å². The second kappa shape index (κ2) is 5.09. The van der Waals surface area contributed by atoms with E-state index in [1.165, 1.54) is 4.88 Å². The van der Waals surface area contributed by atoms with Gasteiger partial charge in [-0.1, -0.05) is 15.9 Å². The molecule has 1 unspecified atom stereocenters. The van der Waals surface area contributed by atoms with Crippen LogP contribution in [0.5, 0.6) is 11.5 Å². The SMILES string of the molecule is O=C1CC(Br)CN1CCc1scc2c1OCCO2. The summed E-state index contributed by atoms with van der Waals surface area (Å²) in [4.78, 5) is 15.1. The summed E-state index contributed by atoms with van der Waals surface area (Å²) >= 11 is 5.14. The Labute approximate surface area is 118 Å². The lowest BCUT2D eigenvalue weighted by Crippen LogP contribution is -2.27. The maximum atomic E-state index is 11.7. The third-order valence-corrected chi connectivity index (χ3v) is 4.77. The van der Waals surface area contributed by atoms with Crippen LogP contribution in [0, 0.1) is 0 Å². The summed E-state index contributed by atoms with van der Waals surface area (Å²) in [6.07, 6.45) is 1.46. The predicted molar refractivity (Wildman–Crippen MR) is 72.9 cm³/mol. The zero-order valence-electron chi connectivity index (χ0n) is 9.86. The maximum Gasteiger partial charge on any atom is 0.223 e. The molecule has 3 rings (SSSR count). The fourth-order valence-electron chi connectivity index (χ4n) is 2.26. The van der Waals surface area contributed by atoms with Gasteiger partial charge >= 0.3 is 0 Å². The Morgan fingerprint density at radius 3 is 3.06 bits per heavy atom. The molecule has 0 radical (unpaired) electrons. The molecule has 0 aliphatic carbocycles. The number of hydrogen-bond acceptors (Lipinski definition) is 4. The normalized spacial score (nSPS) is 22.6. The molecule has 2 aliphatic rings. The molecule has 18 heavy (non-hydrogen) atoms. The fourth-order valence-corrected chi connectivity index (χ4v) is 3.79. The van der Waals surface area contributed by atoms with Crippen molar-refractivity contribution in [3.8, 4) is 11.5 Å².